The summed E-state index contributed by atoms with van der Waals surface area (Å²) in [6, 6.07) is 9.85. The second kappa shape index (κ2) is 4.85. The number of aromatic nitrogens is 1. The van der Waals surface area contributed by atoms with Gasteiger partial charge in [0, 0.05) is 24.8 Å². The molecule has 20 heavy (non-hydrogen) atoms. The van der Waals surface area contributed by atoms with Crippen molar-refractivity contribution in [1.29, 1.82) is 0 Å². The van der Waals surface area contributed by atoms with Gasteiger partial charge in [0.2, 0.25) is 5.91 Å². The van der Waals surface area contributed by atoms with Crippen LogP contribution in [0.1, 0.15) is 16.9 Å². The maximum absolute atomic E-state index is 12.1. The maximum atomic E-state index is 12.1. The number of Topliss-reactive ketones (excluding diaryl/α,β-unsaturated/α-hetero) is 1. The van der Waals surface area contributed by atoms with Crippen LogP contribution in [0, 0.1) is 5.92 Å². The third-order valence-electron chi connectivity index (χ3n) is 3.45. The molecule has 0 aliphatic carbocycles. The summed E-state index contributed by atoms with van der Waals surface area (Å²) in [7, 11) is 0. The van der Waals surface area contributed by atoms with Gasteiger partial charge in [-0.2, -0.15) is 0 Å². The van der Waals surface area contributed by atoms with Crippen LogP contribution < -0.4 is 5.32 Å². The molecule has 0 fully saturated rings. The van der Waals surface area contributed by atoms with Crippen LogP contribution in [0.2, 0.25) is 0 Å². The summed E-state index contributed by atoms with van der Waals surface area (Å²) in [4.78, 5) is 24.0. The van der Waals surface area contributed by atoms with Crippen molar-refractivity contribution in [2.75, 3.05) is 5.32 Å². The molecule has 1 aliphatic heterocycles. The van der Waals surface area contributed by atoms with Gasteiger partial charge < -0.3 is 15.0 Å². The van der Waals surface area contributed by atoms with Crippen LogP contribution in [0.25, 0.3) is 0 Å². The first kappa shape index (κ1) is 12.5. The number of rotatable bonds is 3. The summed E-state index contributed by atoms with van der Waals surface area (Å²) >= 11 is 0. The van der Waals surface area contributed by atoms with Crippen LogP contribution in [-0.2, 0) is 11.3 Å². The van der Waals surface area contributed by atoms with Crippen molar-refractivity contribution in [1.82, 2.24) is 4.57 Å². The number of carbonyl (C=O) groups excluding carboxylic acids is 2. The van der Waals surface area contributed by atoms with Crippen LogP contribution in [0.15, 0.2) is 42.6 Å². The minimum atomic E-state index is -0.289. The van der Waals surface area contributed by atoms with Gasteiger partial charge in [0.1, 0.15) is 5.75 Å². The van der Waals surface area contributed by atoms with Crippen molar-refractivity contribution in [3.63, 3.8) is 0 Å². The standard InChI is InChI=1S/C15H14N2O3/c18-12-5-3-11(4-6-12)16-14(19)8-10-9-17-7-1-2-13(17)15(10)20/h1-7,10,18H,8-9H2,(H,16,19)/t10-/m1/s1. The Hall–Kier alpha value is -2.56. The number of amides is 1. The lowest BCUT2D eigenvalue weighted by Crippen LogP contribution is -2.20. The fourth-order valence-corrected chi connectivity index (χ4v) is 2.46. The lowest BCUT2D eigenvalue weighted by molar-refractivity contribution is -0.116. The van der Waals surface area contributed by atoms with Gasteiger partial charge in [0.15, 0.2) is 5.78 Å². The van der Waals surface area contributed by atoms with E-state index in [4.69, 9.17) is 0 Å². The number of benzene rings is 1. The Balaban J connectivity index is 1.62. The molecule has 1 aromatic heterocycles. The number of phenolic OH excluding ortho intramolecular Hbond substituents is 1. The van der Waals surface area contributed by atoms with Crippen molar-refractivity contribution in [2.45, 2.75) is 13.0 Å². The van der Waals surface area contributed by atoms with E-state index in [0.29, 0.717) is 17.9 Å². The van der Waals surface area contributed by atoms with E-state index in [2.05, 4.69) is 5.32 Å². The van der Waals surface area contributed by atoms with Gasteiger partial charge in [0.25, 0.3) is 0 Å². The number of carbonyl (C=O) groups is 2. The topological polar surface area (TPSA) is 71.3 Å². The van der Waals surface area contributed by atoms with Crippen molar-refractivity contribution in [3.05, 3.63) is 48.3 Å². The summed E-state index contributed by atoms with van der Waals surface area (Å²) in [5.74, 6) is -0.313. The van der Waals surface area contributed by atoms with Crippen LogP contribution in [0.4, 0.5) is 5.69 Å². The zero-order valence-corrected chi connectivity index (χ0v) is 10.7. The molecule has 1 amide bonds. The second-order valence-corrected chi connectivity index (χ2v) is 4.91. The number of fused-ring (bicyclic) bond motifs is 1. The van der Waals surface area contributed by atoms with E-state index < -0.39 is 0 Å². The highest BCUT2D eigenvalue weighted by molar-refractivity contribution is 6.02. The van der Waals surface area contributed by atoms with Gasteiger partial charge >= 0.3 is 0 Å². The van der Waals surface area contributed by atoms with E-state index in [0.717, 1.165) is 0 Å². The number of phenols is 1. The Morgan fingerprint density at radius 2 is 2.05 bits per heavy atom. The molecular weight excluding hydrogens is 256 g/mol. The van der Waals surface area contributed by atoms with Gasteiger partial charge in [-0.05, 0) is 36.4 Å². The molecular formula is C15H14N2O3. The summed E-state index contributed by atoms with van der Waals surface area (Å²) in [5.41, 5.74) is 1.28. The SMILES string of the molecule is O=C(C[C@@H]1Cn2cccc2C1=O)Nc1ccc(O)cc1. The number of hydrogen-bond acceptors (Lipinski definition) is 3. The Morgan fingerprint density at radius 1 is 1.30 bits per heavy atom. The molecule has 0 spiro atoms. The largest absolute Gasteiger partial charge is 0.508 e. The molecule has 0 bridgehead atoms. The smallest absolute Gasteiger partial charge is 0.225 e. The molecule has 0 radical (unpaired) electrons. The minimum absolute atomic E-state index is 0.0239. The number of nitrogens with zero attached hydrogens (tertiary/aromatic N) is 1. The van der Waals surface area contributed by atoms with Gasteiger partial charge in [0.05, 0.1) is 11.6 Å². The van der Waals surface area contributed by atoms with E-state index in [1.54, 1.807) is 18.2 Å². The average Bonchev–Trinajstić information content (AvgIpc) is 2.97. The molecule has 0 unspecified atom stereocenters. The van der Waals surface area contributed by atoms with Crippen molar-refractivity contribution >= 4 is 17.4 Å². The van der Waals surface area contributed by atoms with Crippen LogP contribution in [0.5, 0.6) is 5.75 Å². The van der Waals surface area contributed by atoms with E-state index >= 15 is 0 Å². The Labute approximate surface area is 115 Å². The molecule has 3 rings (SSSR count). The fourth-order valence-electron chi connectivity index (χ4n) is 2.46. The number of aromatic hydroxyl groups is 1. The summed E-state index contributed by atoms with van der Waals surface area (Å²) in [6.45, 7) is 0.560. The molecule has 102 valence electrons. The molecule has 2 aromatic rings. The van der Waals surface area contributed by atoms with Crippen molar-refractivity contribution < 1.29 is 14.7 Å². The molecule has 5 nitrogen and oxygen atoms in total. The molecule has 2 N–H and O–H groups in total. The third kappa shape index (κ3) is 2.30. The van der Waals surface area contributed by atoms with Crippen molar-refractivity contribution in [3.8, 4) is 5.75 Å². The summed E-state index contributed by atoms with van der Waals surface area (Å²) in [5, 5.41) is 11.9. The fraction of sp³-hybridized carbons (Fsp3) is 0.200. The molecule has 1 aromatic carbocycles. The first-order chi connectivity index (χ1) is 9.63. The summed E-state index contributed by atoms with van der Waals surface area (Å²) < 4.78 is 1.88. The van der Waals surface area contributed by atoms with Crippen molar-refractivity contribution in [2.24, 2.45) is 5.92 Å². The molecule has 1 atom stereocenters. The Bertz CT molecular complexity index is 658. The average molecular weight is 270 g/mol. The lowest BCUT2D eigenvalue weighted by atomic mass is 10.0. The molecule has 0 saturated heterocycles. The molecule has 2 heterocycles. The molecule has 1 aliphatic rings. The normalized spacial score (nSPS) is 17.0. The first-order valence-corrected chi connectivity index (χ1v) is 6.42. The van der Waals surface area contributed by atoms with E-state index in [1.165, 1.54) is 12.1 Å². The number of hydrogen-bond donors (Lipinski definition) is 2. The van der Waals surface area contributed by atoms with Gasteiger partial charge in [-0.3, -0.25) is 9.59 Å². The number of ketones is 1. The van der Waals surface area contributed by atoms with Gasteiger partial charge in [-0.15, -0.1) is 0 Å². The Kier molecular flexibility index (Phi) is 3.02. The predicted octanol–water partition coefficient (Wildman–Crippen LogP) is 2.03. The highest BCUT2D eigenvalue weighted by Crippen LogP contribution is 2.24. The molecule has 0 saturated carbocycles. The van der Waals surface area contributed by atoms with E-state index in [-0.39, 0.29) is 29.8 Å². The quantitative estimate of drug-likeness (QED) is 0.838. The lowest BCUT2D eigenvalue weighted by Gasteiger charge is -2.09. The van der Waals surface area contributed by atoms with E-state index in [1.807, 2.05) is 16.8 Å². The number of anilines is 1. The highest BCUT2D eigenvalue weighted by atomic mass is 16.3. The Morgan fingerprint density at radius 3 is 2.75 bits per heavy atom. The highest BCUT2D eigenvalue weighted by Gasteiger charge is 2.31. The second-order valence-electron chi connectivity index (χ2n) is 4.91. The summed E-state index contributed by atoms with van der Waals surface area (Å²) in [6.07, 6.45) is 2.02. The first-order valence-electron chi connectivity index (χ1n) is 6.42. The third-order valence-corrected chi connectivity index (χ3v) is 3.45. The number of nitrogens with one attached hydrogen (secondary N) is 1. The van der Waals surface area contributed by atoms with E-state index in [9.17, 15) is 14.7 Å². The van der Waals surface area contributed by atoms with Gasteiger partial charge in [-0.25, -0.2) is 0 Å². The van der Waals surface area contributed by atoms with Crippen LogP contribution in [0.3, 0.4) is 0 Å². The zero-order chi connectivity index (χ0) is 14.1. The van der Waals surface area contributed by atoms with Crippen LogP contribution >= 0.6 is 0 Å². The predicted molar refractivity (Wildman–Crippen MR) is 73.6 cm³/mol. The monoisotopic (exact) mass is 270 g/mol. The minimum Gasteiger partial charge on any atom is -0.508 e. The van der Waals surface area contributed by atoms with Gasteiger partial charge in [-0.1, -0.05) is 0 Å². The molecule has 5 heteroatoms. The zero-order valence-electron chi connectivity index (χ0n) is 10.7. The maximum Gasteiger partial charge on any atom is 0.225 e. The van der Waals surface area contributed by atoms with Crippen LogP contribution in [-0.4, -0.2) is 21.4 Å².